The Morgan fingerprint density at radius 3 is 2.70 bits per heavy atom. The molecule has 0 atom stereocenters. The van der Waals surface area contributed by atoms with E-state index in [1.807, 2.05) is 13.8 Å². The normalized spacial score (nSPS) is 23.0. The third-order valence-corrected chi connectivity index (χ3v) is 6.06. The lowest BCUT2D eigenvalue weighted by Gasteiger charge is -2.38. The number of anilines is 1. The molecule has 2 aliphatic heterocycles. The minimum absolute atomic E-state index is 0.0835. The fourth-order valence-electron chi connectivity index (χ4n) is 3.10. The zero-order valence-corrected chi connectivity index (χ0v) is 14.3. The summed E-state index contributed by atoms with van der Waals surface area (Å²) < 4.78 is 31.1. The third kappa shape index (κ3) is 3.35. The highest BCUT2D eigenvalue weighted by atomic mass is 32.2. The van der Waals surface area contributed by atoms with Crippen molar-refractivity contribution in [3.8, 4) is 0 Å². The van der Waals surface area contributed by atoms with Gasteiger partial charge in [0.2, 0.25) is 10.0 Å². The highest BCUT2D eigenvalue weighted by Crippen LogP contribution is 2.26. The second-order valence-electron chi connectivity index (χ2n) is 6.63. The first-order chi connectivity index (χ1) is 10.8. The molecule has 0 unspecified atom stereocenters. The molecule has 126 valence electrons. The molecule has 2 heterocycles. The van der Waals surface area contributed by atoms with Crippen molar-refractivity contribution in [3.05, 3.63) is 29.8 Å². The van der Waals surface area contributed by atoms with Crippen LogP contribution in [0.25, 0.3) is 0 Å². The number of morpholine rings is 1. The molecular formula is C16H22N2O4S. The number of sulfonamides is 1. The zero-order valence-electron chi connectivity index (χ0n) is 13.5. The Kier molecular flexibility index (Phi) is 4.10. The van der Waals surface area contributed by atoms with Crippen LogP contribution < -0.4 is 4.31 Å². The van der Waals surface area contributed by atoms with E-state index in [0.29, 0.717) is 43.9 Å². The zero-order chi connectivity index (χ0) is 16.7. The van der Waals surface area contributed by atoms with E-state index in [0.717, 1.165) is 0 Å². The summed E-state index contributed by atoms with van der Waals surface area (Å²) in [5, 5.41) is 0. The molecule has 23 heavy (non-hydrogen) atoms. The van der Waals surface area contributed by atoms with Gasteiger partial charge in [-0.1, -0.05) is 6.07 Å². The maximum absolute atomic E-state index is 12.7. The number of amides is 1. The molecule has 0 N–H and O–H groups in total. The molecule has 3 rings (SSSR count). The van der Waals surface area contributed by atoms with Gasteiger partial charge in [0.1, 0.15) is 0 Å². The first kappa shape index (κ1) is 16.3. The van der Waals surface area contributed by atoms with Crippen LogP contribution in [0.1, 0.15) is 30.6 Å². The van der Waals surface area contributed by atoms with Crippen LogP contribution in [0.15, 0.2) is 24.3 Å². The van der Waals surface area contributed by atoms with Crippen LogP contribution in [0, 0.1) is 0 Å². The Balaban J connectivity index is 1.84. The Bertz CT molecular complexity index is 715. The molecule has 0 radical (unpaired) electrons. The number of hydrogen-bond acceptors (Lipinski definition) is 4. The van der Waals surface area contributed by atoms with Crippen molar-refractivity contribution >= 4 is 21.6 Å². The Morgan fingerprint density at radius 1 is 1.26 bits per heavy atom. The molecule has 0 saturated carbocycles. The maximum atomic E-state index is 12.7. The standard InChI is InChI=1S/C16H22N2O4S/c1-16(2)12-17(8-9-22-16)15(19)13-5-3-6-14(11-13)18-7-4-10-23(18,20)21/h3,5-6,11H,4,7-10,12H2,1-2H3. The Labute approximate surface area is 137 Å². The topological polar surface area (TPSA) is 66.9 Å². The number of rotatable bonds is 2. The highest BCUT2D eigenvalue weighted by Gasteiger charge is 2.32. The molecular weight excluding hydrogens is 316 g/mol. The summed E-state index contributed by atoms with van der Waals surface area (Å²) in [5.41, 5.74) is 0.729. The summed E-state index contributed by atoms with van der Waals surface area (Å²) in [6.07, 6.45) is 0.623. The average Bonchev–Trinajstić information content (AvgIpc) is 2.85. The van der Waals surface area contributed by atoms with E-state index in [1.165, 1.54) is 4.31 Å². The number of carbonyl (C=O) groups is 1. The molecule has 1 aromatic rings. The SMILES string of the molecule is CC1(C)CN(C(=O)c2cccc(N3CCCS3(=O)=O)c2)CCO1. The van der Waals surface area contributed by atoms with Gasteiger partial charge in [0.05, 0.1) is 23.6 Å². The molecule has 2 aliphatic rings. The second-order valence-corrected chi connectivity index (χ2v) is 8.64. The predicted molar refractivity (Wildman–Crippen MR) is 88.1 cm³/mol. The quantitative estimate of drug-likeness (QED) is 0.819. The molecule has 6 nitrogen and oxygen atoms in total. The minimum Gasteiger partial charge on any atom is -0.372 e. The van der Waals surface area contributed by atoms with Crippen molar-refractivity contribution in [1.82, 2.24) is 4.90 Å². The molecule has 1 aromatic carbocycles. The summed E-state index contributed by atoms with van der Waals surface area (Å²) >= 11 is 0. The van der Waals surface area contributed by atoms with Crippen molar-refractivity contribution in [2.24, 2.45) is 0 Å². The van der Waals surface area contributed by atoms with E-state index in [4.69, 9.17) is 4.74 Å². The van der Waals surface area contributed by atoms with Crippen molar-refractivity contribution < 1.29 is 17.9 Å². The van der Waals surface area contributed by atoms with Gasteiger partial charge < -0.3 is 9.64 Å². The van der Waals surface area contributed by atoms with Gasteiger partial charge in [0.15, 0.2) is 0 Å². The van der Waals surface area contributed by atoms with Crippen LogP contribution >= 0.6 is 0 Å². The van der Waals surface area contributed by atoms with Crippen molar-refractivity contribution in [2.75, 3.05) is 36.3 Å². The summed E-state index contributed by atoms with van der Waals surface area (Å²) in [6.45, 7) is 5.98. The molecule has 0 spiro atoms. The van der Waals surface area contributed by atoms with Gasteiger partial charge in [0.25, 0.3) is 5.91 Å². The number of benzene rings is 1. The lowest BCUT2D eigenvalue weighted by atomic mass is 10.1. The number of carbonyl (C=O) groups excluding carboxylic acids is 1. The van der Waals surface area contributed by atoms with Crippen molar-refractivity contribution in [1.29, 1.82) is 0 Å². The molecule has 7 heteroatoms. The Hall–Kier alpha value is -1.60. The largest absolute Gasteiger partial charge is 0.372 e. The fourth-order valence-corrected chi connectivity index (χ4v) is 4.65. The van der Waals surface area contributed by atoms with Gasteiger partial charge >= 0.3 is 0 Å². The molecule has 2 saturated heterocycles. The third-order valence-electron chi connectivity index (χ3n) is 4.19. The lowest BCUT2D eigenvalue weighted by Crippen LogP contribution is -2.50. The maximum Gasteiger partial charge on any atom is 0.254 e. The first-order valence-corrected chi connectivity index (χ1v) is 9.43. The van der Waals surface area contributed by atoms with Crippen LogP contribution in [0.5, 0.6) is 0 Å². The smallest absolute Gasteiger partial charge is 0.254 e. The minimum atomic E-state index is -3.24. The van der Waals surface area contributed by atoms with Crippen molar-refractivity contribution in [3.63, 3.8) is 0 Å². The van der Waals surface area contributed by atoms with E-state index in [9.17, 15) is 13.2 Å². The number of hydrogen-bond donors (Lipinski definition) is 0. The highest BCUT2D eigenvalue weighted by molar-refractivity contribution is 7.93. The molecule has 0 aliphatic carbocycles. The van der Waals surface area contributed by atoms with Gasteiger partial charge in [-0.2, -0.15) is 0 Å². The van der Waals surface area contributed by atoms with Gasteiger partial charge in [-0.3, -0.25) is 9.10 Å². The van der Waals surface area contributed by atoms with Crippen LogP contribution in [-0.4, -0.2) is 56.8 Å². The van der Waals surface area contributed by atoms with E-state index < -0.39 is 10.0 Å². The molecule has 2 fully saturated rings. The molecule has 0 aromatic heterocycles. The van der Waals surface area contributed by atoms with Crippen LogP contribution in [0.4, 0.5) is 5.69 Å². The second kappa shape index (κ2) is 5.79. The van der Waals surface area contributed by atoms with Crippen molar-refractivity contribution in [2.45, 2.75) is 25.9 Å². The first-order valence-electron chi connectivity index (χ1n) is 7.82. The Morgan fingerprint density at radius 2 is 2.04 bits per heavy atom. The lowest BCUT2D eigenvalue weighted by molar-refractivity contribution is -0.0764. The van der Waals surface area contributed by atoms with E-state index in [-0.39, 0.29) is 17.3 Å². The van der Waals surface area contributed by atoms with E-state index >= 15 is 0 Å². The van der Waals surface area contributed by atoms with Crippen LogP contribution in [0.2, 0.25) is 0 Å². The summed E-state index contributed by atoms with van der Waals surface area (Å²) in [7, 11) is -3.24. The van der Waals surface area contributed by atoms with Crippen LogP contribution in [0.3, 0.4) is 0 Å². The summed E-state index contributed by atoms with van der Waals surface area (Å²) in [5.74, 6) is 0.0860. The number of nitrogens with zero attached hydrogens (tertiary/aromatic N) is 2. The van der Waals surface area contributed by atoms with E-state index in [2.05, 4.69) is 0 Å². The van der Waals surface area contributed by atoms with Gasteiger partial charge in [-0.15, -0.1) is 0 Å². The molecule has 1 amide bonds. The summed E-state index contributed by atoms with van der Waals surface area (Å²) in [6, 6.07) is 6.88. The van der Waals surface area contributed by atoms with Gasteiger partial charge in [0, 0.05) is 25.2 Å². The fraction of sp³-hybridized carbons (Fsp3) is 0.562. The number of ether oxygens (including phenoxy) is 1. The van der Waals surface area contributed by atoms with E-state index in [1.54, 1.807) is 29.2 Å². The predicted octanol–water partition coefficient (Wildman–Crippen LogP) is 1.48. The summed E-state index contributed by atoms with van der Waals surface area (Å²) in [4.78, 5) is 14.5. The van der Waals surface area contributed by atoms with Gasteiger partial charge in [-0.05, 0) is 38.5 Å². The molecule has 0 bridgehead atoms. The average molecular weight is 338 g/mol. The van der Waals surface area contributed by atoms with Crippen LogP contribution in [-0.2, 0) is 14.8 Å². The monoisotopic (exact) mass is 338 g/mol. The van der Waals surface area contributed by atoms with Gasteiger partial charge in [-0.25, -0.2) is 8.42 Å².